The van der Waals surface area contributed by atoms with Crippen molar-refractivity contribution >= 4 is 5.69 Å². The maximum atomic E-state index is 12.8. The molecule has 0 saturated heterocycles. The van der Waals surface area contributed by atoms with E-state index in [4.69, 9.17) is 0 Å². The van der Waals surface area contributed by atoms with E-state index < -0.39 is 11.7 Å². The van der Waals surface area contributed by atoms with Crippen molar-refractivity contribution in [1.29, 1.82) is 0 Å². The highest BCUT2D eigenvalue weighted by molar-refractivity contribution is 5.42. The molecule has 0 aliphatic carbocycles. The van der Waals surface area contributed by atoms with Gasteiger partial charge >= 0.3 is 5.92 Å². The number of alkyl halides is 2. The molecule has 0 amide bonds. The summed E-state index contributed by atoms with van der Waals surface area (Å²) in [4.78, 5) is 3.55. The van der Waals surface area contributed by atoms with E-state index in [1.54, 1.807) is 0 Å². The molecule has 1 aromatic heterocycles. The molecule has 0 bridgehead atoms. The zero-order valence-electron chi connectivity index (χ0n) is 9.45. The van der Waals surface area contributed by atoms with Crippen LogP contribution >= 0.6 is 0 Å². The quantitative estimate of drug-likeness (QED) is 0.914. The Hall–Kier alpha value is -2.05. The zero-order valence-corrected chi connectivity index (χ0v) is 9.45. The number of hydrogen-bond donors (Lipinski definition) is 1. The van der Waals surface area contributed by atoms with Gasteiger partial charge in [0.1, 0.15) is 5.82 Å². The fraction of sp³-hybridized carbons (Fsp3) is 0.273. The first-order chi connectivity index (χ1) is 8.45. The number of aromatic nitrogens is 2. The van der Waals surface area contributed by atoms with Crippen LogP contribution in [0, 0.1) is 5.82 Å². The van der Waals surface area contributed by atoms with E-state index >= 15 is 0 Å². The summed E-state index contributed by atoms with van der Waals surface area (Å²) in [5, 5.41) is 6.02. The third kappa shape index (κ3) is 2.99. The lowest BCUT2D eigenvalue weighted by Crippen LogP contribution is -2.09. The van der Waals surface area contributed by atoms with Crippen LogP contribution in [0.5, 0.6) is 0 Å². The SMILES string of the molecule is CC(F)(F)c1noc(CNc2ccc(F)cc2)n1. The van der Waals surface area contributed by atoms with Gasteiger partial charge < -0.3 is 9.84 Å². The van der Waals surface area contributed by atoms with E-state index in [0.717, 1.165) is 0 Å². The first-order valence-electron chi connectivity index (χ1n) is 5.15. The molecule has 0 radical (unpaired) electrons. The molecule has 0 saturated carbocycles. The Labute approximate surface area is 101 Å². The molecule has 96 valence electrons. The van der Waals surface area contributed by atoms with E-state index in [-0.39, 0.29) is 18.3 Å². The van der Waals surface area contributed by atoms with Crippen LogP contribution in [0.2, 0.25) is 0 Å². The van der Waals surface area contributed by atoms with Crippen LogP contribution in [0.15, 0.2) is 28.8 Å². The zero-order chi connectivity index (χ0) is 13.2. The number of hydrogen-bond acceptors (Lipinski definition) is 4. The second-order valence-corrected chi connectivity index (χ2v) is 3.76. The van der Waals surface area contributed by atoms with Gasteiger partial charge in [0.25, 0.3) is 0 Å². The van der Waals surface area contributed by atoms with Crippen LogP contribution in [-0.4, -0.2) is 10.1 Å². The maximum Gasteiger partial charge on any atom is 0.307 e. The Bertz CT molecular complexity index is 519. The smallest absolute Gasteiger partial charge is 0.307 e. The van der Waals surface area contributed by atoms with Gasteiger partial charge in [-0.3, -0.25) is 0 Å². The molecule has 7 heteroatoms. The van der Waals surface area contributed by atoms with Gasteiger partial charge in [0.2, 0.25) is 11.7 Å². The fourth-order valence-corrected chi connectivity index (χ4v) is 1.25. The molecule has 0 atom stereocenters. The van der Waals surface area contributed by atoms with Gasteiger partial charge in [-0.2, -0.15) is 13.8 Å². The third-order valence-corrected chi connectivity index (χ3v) is 2.15. The van der Waals surface area contributed by atoms with Gasteiger partial charge in [-0.15, -0.1) is 0 Å². The van der Waals surface area contributed by atoms with E-state index in [9.17, 15) is 13.2 Å². The van der Waals surface area contributed by atoms with Gasteiger partial charge in [-0.25, -0.2) is 4.39 Å². The average molecular weight is 257 g/mol. The summed E-state index contributed by atoms with van der Waals surface area (Å²) in [6.45, 7) is 0.781. The summed E-state index contributed by atoms with van der Waals surface area (Å²) in [6.07, 6.45) is 0. The number of rotatable bonds is 4. The molecule has 0 aliphatic heterocycles. The molecular weight excluding hydrogens is 247 g/mol. The van der Waals surface area contributed by atoms with Crippen LogP contribution in [0.4, 0.5) is 18.9 Å². The molecule has 4 nitrogen and oxygen atoms in total. The molecule has 0 spiro atoms. The van der Waals surface area contributed by atoms with Crippen molar-refractivity contribution in [1.82, 2.24) is 10.1 Å². The summed E-state index contributed by atoms with van der Waals surface area (Å²) >= 11 is 0. The topological polar surface area (TPSA) is 51.0 Å². The van der Waals surface area contributed by atoms with Crippen molar-refractivity contribution in [2.24, 2.45) is 0 Å². The van der Waals surface area contributed by atoms with Gasteiger partial charge in [0, 0.05) is 12.6 Å². The number of halogens is 3. The first kappa shape index (κ1) is 12.4. The second-order valence-electron chi connectivity index (χ2n) is 3.76. The van der Waals surface area contributed by atoms with Gasteiger partial charge in [-0.1, -0.05) is 5.16 Å². The molecular formula is C11H10F3N3O. The van der Waals surface area contributed by atoms with Crippen molar-refractivity contribution in [2.45, 2.75) is 19.4 Å². The highest BCUT2D eigenvalue weighted by Crippen LogP contribution is 2.23. The molecule has 0 aliphatic rings. The molecule has 0 unspecified atom stereocenters. The summed E-state index contributed by atoms with van der Waals surface area (Å²) in [6, 6.07) is 5.59. The Kier molecular flexibility index (Phi) is 3.22. The normalized spacial score (nSPS) is 11.6. The highest BCUT2D eigenvalue weighted by atomic mass is 19.3. The lowest BCUT2D eigenvalue weighted by atomic mass is 10.3. The van der Waals surface area contributed by atoms with Crippen molar-refractivity contribution in [3.8, 4) is 0 Å². The largest absolute Gasteiger partial charge is 0.376 e. The van der Waals surface area contributed by atoms with Crippen LogP contribution in [0.3, 0.4) is 0 Å². The van der Waals surface area contributed by atoms with E-state index in [1.807, 2.05) is 0 Å². The minimum Gasteiger partial charge on any atom is -0.376 e. The predicted octanol–water partition coefficient (Wildman–Crippen LogP) is 2.93. The monoisotopic (exact) mass is 257 g/mol. The minimum atomic E-state index is -3.13. The van der Waals surface area contributed by atoms with E-state index in [1.165, 1.54) is 24.3 Å². The lowest BCUT2D eigenvalue weighted by molar-refractivity contribution is 0.00559. The van der Waals surface area contributed by atoms with Gasteiger partial charge in [-0.05, 0) is 24.3 Å². The van der Waals surface area contributed by atoms with Gasteiger partial charge in [0.05, 0.1) is 6.54 Å². The molecule has 0 fully saturated rings. The Morgan fingerprint density at radius 3 is 2.50 bits per heavy atom. The van der Waals surface area contributed by atoms with Crippen LogP contribution in [0.1, 0.15) is 18.6 Å². The summed E-state index contributed by atoms with van der Waals surface area (Å²) in [7, 11) is 0. The van der Waals surface area contributed by atoms with E-state index in [2.05, 4.69) is 20.0 Å². The van der Waals surface area contributed by atoms with Crippen LogP contribution in [-0.2, 0) is 12.5 Å². The third-order valence-electron chi connectivity index (χ3n) is 2.15. The highest BCUT2D eigenvalue weighted by Gasteiger charge is 2.30. The molecule has 1 N–H and O–H groups in total. The standard InChI is InChI=1S/C11H10F3N3O/c1-11(13,14)10-16-9(18-17-10)6-15-8-4-2-7(12)3-5-8/h2-5,15H,6H2,1H3. The minimum absolute atomic E-state index is 0.0378. The van der Waals surface area contributed by atoms with Crippen LogP contribution < -0.4 is 5.32 Å². The van der Waals surface area contributed by atoms with Crippen molar-refractivity contribution in [2.75, 3.05) is 5.32 Å². The molecule has 1 aromatic carbocycles. The Morgan fingerprint density at radius 2 is 1.94 bits per heavy atom. The molecule has 1 heterocycles. The number of nitrogens with zero attached hydrogens (tertiary/aromatic N) is 2. The summed E-state index contributed by atoms with van der Waals surface area (Å²) in [5.74, 6) is -4.10. The van der Waals surface area contributed by atoms with Crippen LogP contribution in [0.25, 0.3) is 0 Å². The predicted molar refractivity (Wildman–Crippen MR) is 57.6 cm³/mol. The van der Waals surface area contributed by atoms with Crippen molar-refractivity contribution < 1.29 is 17.7 Å². The summed E-state index contributed by atoms with van der Waals surface area (Å²) in [5.41, 5.74) is 0.624. The first-order valence-corrected chi connectivity index (χ1v) is 5.15. The Morgan fingerprint density at radius 1 is 1.28 bits per heavy atom. The Balaban J connectivity index is 1.98. The summed E-state index contributed by atoms with van der Waals surface area (Å²) < 4.78 is 42.9. The number of nitrogens with one attached hydrogen (secondary N) is 1. The fourth-order valence-electron chi connectivity index (χ4n) is 1.25. The number of anilines is 1. The van der Waals surface area contributed by atoms with Crippen molar-refractivity contribution in [3.05, 3.63) is 41.8 Å². The molecule has 2 aromatic rings. The average Bonchev–Trinajstić information content (AvgIpc) is 2.77. The maximum absolute atomic E-state index is 12.8. The molecule has 18 heavy (non-hydrogen) atoms. The molecule has 2 rings (SSSR count). The number of benzene rings is 1. The second kappa shape index (κ2) is 4.67. The van der Waals surface area contributed by atoms with Gasteiger partial charge in [0.15, 0.2) is 0 Å². The van der Waals surface area contributed by atoms with E-state index in [0.29, 0.717) is 12.6 Å². The van der Waals surface area contributed by atoms with Crippen molar-refractivity contribution in [3.63, 3.8) is 0 Å². The lowest BCUT2D eigenvalue weighted by Gasteiger charge is -2.03.